The third-order valence-corrected chi connectivity index (χ3v) is 8.53. The standard InChI is InChI=1S/C36H74O/c1-3-5-7-9-11-12-13-14-15-16-17-18-19-20-21-22-23-24-25-26-27-29-31-33-35-36(37)34-32-30-28-10-8-6-4-2/h36-37H,3-35H2,1-2H3. The van der Waals surface area contributed by atoms with Crippen molar-refractivity contribution in [2.24, 2.45) is 0 Å². The SMILES string of the molecule is CCCCCCCCCCCCCCCCCCCCCCCCCCC(O)CCCCCCCCC. The molecule has 0 spiro atoms. The lowest BCUT2D eigenvalue weighted by Gasteiger charge is -2.10. The molecule has 0 amide bonds. The molecule has 0 heterocycles. The topological polar surface area (TPSA) is 20.2 Å². The number of hydrogen-bond acceptors (Lipinski definition) is 1. The highest BCUT2D eigenvalue weighted by molar-refractivity contribution is 4.58. The molecule has 0 saturated heterocycles. The Morgan fingerprint density at radius 3 is 0.622 bits per heavy atom. The summed E-state index contributed by atoms with van der Waals surface area (Å²) in [7, 11) is 0. The smallest absolute Gasteiger partial charge is 0.0540 e. The summed E-state index contributed by atoms with van der Waals surface area (Å²) in [6.45, 7) is 4.58. The summed E-state index contributed by atoms with van der Waals surface area (Å²) in [5.74, 6) is 0. The van der Waals surface area contributed by atoms with Crippen molar-refractivity contribution >= 4 is 0 Å². The lowest BCUT2D eigenvalue weighted by atomic mass is 10.0. The summed E-state index contributed by atoms with van der Waals surface area (Å²) >= 11 is 0. The van der Waals surface area contributed by atoms with Crippen LogP contribution in [-0.2, 0) is 0 Å². The molecule has 1 N–H and O–H groups in total. The van der Waals surface area contributed by atoms with Gasteiger partial charge in [-0.15, -0.1) is 0 Å². The highest BCUT2D eigenvalue weighted by atomic mass is 16.3. The molecule has 1 unspecified atom stereocenters. The Bertz CT molecular complexity index is 379. The molecular formula is C36H74O. The van der Waals surface area contributed by atoms with Crippen LogP contribution in [0.3, 0.4) is 0 Å². The Kier molecular flexibility index (Phi) is 34.0. The molecule has 0 radical (unpaired) electrons. The van der Waals surface area contributed by atoms with E-state index in [1.165, 1.54) is 199 Å². The minimum absolute atomic E-state index is 0.0321. The Morgan fingerprint density at radius 2 is 0.432 bits per heavy atom. The van der Waals surface area contributed by atoms with Gasteiger partial charge in [0.05, 0.1) is 6.10 Å². The van der Waals surface area contributed by atoms with Crippen LogP contribution in [0.4, 0.5) is 0 Å². The molecule has 0 rings (SSSR count). The zero-order valence-electron chi connectivity index (χ0n) is 26.4. The Morgan fingerprint density at radius 1 is 0.270 bits per heavy atom. The van der Waals surface area contributed by atoms with Gasteiger partial charge in [-0.3, -0.25) is 0 Å². The van der Waals surface area contributed by atoms with Crippen LogP contribution in [0.5, 0.6) is 0 Å². The normalized spacial score (nSPS) is 12.4. The van der Waals surface area contributed by atoms with E-state index in [0.29, 0.717) is 0 Å². The molecule has 224 valence electrons. The molecule has 0 aliphatic heterocycles. The van der Waals surface area contributed by atoms with E-state index in [1.807, 2.05) is 0 Å². The maximum Gasteiger partial charge on any atom is 0.0540 e. The average molecular weight is 523 g/mol. The third-order valence-electron chi connectivity index (χ3n) is 8.53. The van der Waals surface area contributed by atoms with Gasteiger partial charge in [-0.1, -0.05) is 213 Å². The highest BCUT2D eigenvalue weighted by Crippen LogP contribution is 2.17. The Labute approximate surface area is 236 Å². The van der Waals surface area contributed by atoms with Gasteiger partial charge in [0.25, 0.3) is 0 Å². The van der Waals surface area contributed by atoms with E-state index in [9.17, 15) is 5.11 Å². The lowest BCUT2D eigenvalue weighted by molar-refractivity contribution is 0.147. The molecule has 0 bridgehead atoms. The molecule has 0 aromatic heterocycles. The third kappa shape index (κ3) is 33.9. The highest BCUT2D eigenvalue weighted by Gasteiger charge is 2.04. The van der Waals surface area contributed by atoms with E-state index in [4.69, 9.17) is 0 Å². The minimum atomic E-state index is -0.0321. The fourth-order valence-electron chi connectivity index (χ4n) is 5.82. The van der Waals surface area contributed by atoms with Gasteiger partial charge in [-0.2, -0.15) is 0 Å². The van der Waals surface area contributed by atoms with Crippen molar-refractivity contribution < 1.29 is 5.11 Å². The first-order valence-corrected chi connectivity index (χ1v) is 18.0. The molecule has 0 aliphatic carbocycles. The van der Waals surface area contributed by atoms with Crippen LogP contribution in [0.15, 0.2) is 0 Å². The van der Waals surface area contributed by atoms with Gasteiger partial charge in [0.2, 0.25) is 0 Å². The second kappa shape index (κ2) is 34.0. The molecular weight excluding hydrogens is 448 g/mol. The largest absolute Gasteiger partial charge is 0.393 e. The van der Waals surface area contributed by atoms with Gasteiger partial charge in [0.15, 0.2) is 0 Å². The number of unbranched alkanes of at least 4 members (excludes halogenated alkanes) is 29. The number of hydrogen-bond donors (Lipinski definition) is 1. The van der Waals surface area contributed by atoms with E-state index < -0.39 is 0 Å². The molecule has 1 heteroatoms. The predicted octanol–water partition coefficient (Wildman–Crippen LogP) is 13.3. The summed E-state index contributed by atoms with van der Waals surface area (Å²) in [5.41, 5.74) is 0. The fraction of sp³-hybridized carbons (Fsp3) is 1.00. The Hall–Kier alpha value is -0.0400. The van der Waals surface area contributed by atoms with Crippen LogP contribution in [0.25, 0.3) is 0 Å². The number of aliphatic hydroxyl groups is 1. The fourth-order valence-corrected chi connectivity index (χ4v) is 5.82. The van der Waals surface area contributed by atoms with E-state index >= 15 is 0 Å². The van der Waals surface area contributed by atoms with Crippen LogP contribution < -0.4 is 0 Å². The minimum Gasteiger partial charge on any atom is -0.393 e. The monoisotopic (exact) mass is 523 g/mol. The lowest BCUT2D eigenvalue weighted by Crippen LogP contribution is -2.05. The quantitative estimate of drug-likeness (QED) is 0.0849. The van der Waals surface area contributed by atoms with Gasteiger partial charge < -0.3 is 5.11 Å². The zero-order chi connectivity index (χ0) is 26.9. The second-order valence-electron chi connectivity index (χ2n) is 12.5. The van der Waals surface area contributed by atoms with Crippen molar-refractivity contribution in [1.82, 2.24) is 0 Å². The van der Waals surface area contributed by atoms with Crippen molar-refractivity contribution in [2.45, 2.75) is 232 Å². The van der Waals surface area contributed by atoms with Crippen molar-refractivity contribution in [1.29, 1.82) is 0 Å². The number of aliphatic hydroxyl groups excluding tert-OH is 1. The summed E-state index contributed by atoms with van der Waals surface area (Å²) < 4.78 is 0. The summed E-state index contributed by atoms with van der Waals surface area (Å²) in [6, 6.07) is 0. The van der Waals surface area contributed by atoms with Crippen molar-refractivity contribution in [3.8, 4) is 0 Å². The van der Waals surface area contributed by atoms with E-state index in [2.05, 4.69) is 13.8 Å². The zero-order valence-corrected chi connectivity index (χ0v) is 26.4. The van der Waals surface area contributed by atoms with Gasteiger partial charge in [-0.25, -0.2) is 0 Å². The first-order valence-electron chi connectivity index (χ1n) is 18.0. The van der Waals surface area contributed by atoms with Crippen LogP contribution in [0.2, 0.25) is 0 Å². The summed E-state index contributed by atoms with van der Waals surface area (Å²) in [4.78, 5) is 0. The second-order valence-corrected chi connectivity index (χ2v) is 12.5. The predicted molar refractivity (Wildman–Crippen MR) is 170 cm³/mol. The van der Waals surface area contributed by atoms with Gasteiger partial charge in [-0.05, 0) is 12.8 Å². The summed E-state index contributed by atoms with van der Waals surface area (Å²) in [5, 5.41) is 10.2. The van der Waals surface area contributed by atoms with Gasteiger partial charge in [0, 0.05) is 0 Å². The van der Waals surface area contributed by atoms with Gasteiger partial charge >= 0.3 is 0 Å². The van der Waals surface area contributed by atoms with E-state index in [1.54, 1.807) is 0 Å². The molecule has 0 aliphatic rings. The van der Waals surface area contributed by atoms with Crippen LogP contribution in [-0.4, -0.2) is 11.2 Å². The van der Waals surface area contributed by atoms with Crippen molar-refractivity contribution in [2.75, 3.05) is 0 Å². The van der Waals surface area contributed by atoms with E-state index in [-0.39, 0.29) is 6.10 Å². The molecule has 0 fully saturated rings. The maximum absolute atomic E-state index is 10.2. The molecule has 0 aromatic rings. The van der Waals surface area contributed by atoms with Crippen LogP contribution in [0, 0.1) is 0 Å². The van der Waals surface area contributed by atoms with Crippen molar-refractivity contribution in [3.05, 3.63) is 0 Å². The molecule has 1 atom stereocenters. The Balaban J connectivity index is 3.09. The van der Waals surface area contributed by atoms with E-state index in [0.717, 1.165) is 12.8 Å². The molecule has 0 saturated carbocycles. The number of rotatable bonds is 33. The average Bonchev–Trinajstić information content (AvgIpc) is 2.90. The first kappa shape index (κ1) is 37.0. The molecule has 37 heavy (non-hydrogen) atoms. The van der Waals surface area contributed by atoms with Crippen LogP contribution >= 0.6 is 0 Å². The van der Waals surface area contributed by atoms with Crippen LogP contribution in [0.1, 0.15) is 226 Å². The first-order chi connectivity index (χ1) is 18.3. The molecule has 0 aromatic carbocycles. The molecule has 1 nitrogen and oxygen atoms in total. The van der Waals surface area contributed by atoms with Crippen molar-refractivity contribution in [3.63, 3.8) is 0 Å². The summed E-state index contributed by atoms with van der Waals surface area (Å²) in [6.07, 6.45) is 46.1. The van der Waals surface area contributed by atoms with Gasteiger partial charge in [0.1, 0.15) is 0 Å². The maximum atomic E-state index is 10.2.